The fourth-order valence-corrected chi connectivity index (χ4v) is 2.74. The standard InChI is InChI=1S/C18H27N3O2/c1-13-6-7-15(14(2)12-13)16(22)20-8-10-21(11-9-20)17(23)19-18(3,4)5/h6-7,12H,8-11H2,1-5H3,(H,19,23). The van der Waals surface area contributed by atoms with Crippen LogP contribution in [-0.2, 0) is 0 Å². The van der Waals surface area contributed by atoms with Crippen LogP contribution in [-0.4, -0.2) is 53.5 Å². The highest BCUT2D eigenvalue weighted by atomic mass is 16.2. The number of urea groups is 1. The molecular weight excluding hydrogens is 290 g/mol. The van der Waals surface area contributed by atoms with Gasteiger partial charge in [0.2, 0.25) is 0 Å². The zero-order valence-corrected chi connectivity index (χ0v) is 14.8. The largest absolute Gasteiger partial charge is 0.335 e. The average Bonchev–Trinajstić information content (AvgIpc) is 2.45. The van der Waals surface area contributed by atoms with E-state index in [-0.39, 0.29) is 17.5 Å². The van der Waals surface area contributed by atoms with Gasteiger partial charge in [0.05, 0.1) is 0 Å². The summed E-state index contributed by atoms with van der Waals surface area (Å²) in [6.07, 6.45) is 0. The van der Waals surface area contributed by atoms with Crippen molar-refractivity contribution in [3.63, 3.8) is 0 Å². The molecule has 1 fully saturated rings. The summed E-state index contributed by atoms with van der Waals surface area (Å²) in [4.78, 5) is 28.4. The van der Waals surface area contributed by atoms with Gasteiger partial charge in [0, 0.05) is 37.3 Å². The quantitative estimate of drug-likeness (QED) is 0.865. The molecule has 2 rings (SSSR count). The summed E-state index contributed by atoms with van der Waals surface area (Å²) in [5.74, 6) is 0.0541. The third-order valence-electron chi connectivity index (χ3n) is 3.95. The van der Waals surface area contributed by atoms with Crippen molar-refractivity contribution in [3.05, 3.63) is 34.9 Å². The van der Waals surface area contributed by atoms with Crippen molar-refractivity contribution < 1.29 is 9.59 Å². The maximum Gasteiger partial charge on any atom is 0.317 e. The van der Waals surface area contributed by atoms with Crippen LogP contribution in [0.5, 0.6) is 0 Å². The molecule has 0 unspecified atom stereocenters. The van der Waals surface area contributed by atoms with E-state index in [1.165, 1.54) is 0 Å². The second-order valence-electron chi connectivity index (χ2n) is 7.28. The zero-order valence-electron chi connectivity index (χ0n) is 14.8. The maximum atomic E-state index is 12.6. The lowest BCUT2D eigenvalue weighted by atomic mass is 10.0. The Bertz CT molecular complexity index is 597. The highest BCUT2D eigenvalue weighted by molar-refractivity contribution is 5.95. The number of rotatable bonds is 1. The van der Waals surface area contributed by atoms with Crippen molar-refractivity contribution in [2.45, 2.75) is 40.2 Å². The molecule has 23 heavy (non-hydrogen) atoms. The van der Waals surface area contributed by atoms with E-state index in [0.29, 0.717) is 26.2 Å². The summed E-state index contributed by atoms with van der Waals surface area (Å²) in [5.41, 5.74) is 2.66. The number of carbonyl (C=O) groups excluding carboxylic acids is 2. The Morgan fingerprint density at radius 1 is 1.00 bits per heavy atom. The fraction of sp³-hybridized carbons (Fsp3) is 0.556. The Morgan fingerprint density at radius 3 is 2.09 bits per heavy atom. The van der Waals surface area contributed by atoms with Gasteiger partial charge in [-0.1, -0.05) is 17.7 Å². The van der Waals surface area contributed by atoms with E-state index in [2.05, 4.69) is 5.32 Å². The number of amides is 3. The fourth-order valence-electron chi connectivity index (χ4n) is 2.74. The second kappa shape index (κ2) is 6.60. The molecule has 1 aliphatic rings. The molecule has 0 spiro atoms. The zero-order chi connectivity index (χ0) is 17.2. The summed E-state index contributed by atoms with van der Waals surface area (Å²) >= 11 is 0. The SMILES string of the molecule is Cc1ccc(C(=O)N2CCN(C(=O)NC(C)(C)C)CC2)c(C)c1. The first-order chi connectivity index (χ1) is 10.7. The number of carbonyl (C=O) groups is 2. The molecule has 0 aliphatic carbocycles. The molecule has 0 radical (unpaired) electrons. The van der Waals surface area contributed by atoms with Crippen molar-refractivity contribution in [3.8, 4) is 0 Å². The first-order valence-corrected chi connectivity index (χ1v) is 8.11. The number of aryl methyl sites for hydroxylation is 2. The van der Waals surface area contributed by atoms with E-state index in [1.807, 2.05) is 57.7 Å². The average molecular weight is 317 g/mol. The number of benzene rings is 1. The molecule has 1 N–H and O–H groups in total. The molecule has 1 aromatic rings. The van der Waals surface area contributed by atoms with Crippen molar-refractivity contribution in [1.29, 1.82) is 0 Å². The van der Waals surface area contributed by atoms with Gasteiger partial charge in [-0.2, -0.15) is 0 Å². The maximum absolute atomic E-state index is 12.6. The topological polar surface area (TPSA) is 52.7 Å². The molecule has 1 aromatic carbocycles. The minimum atomic E-state index is -0.247. The lowest BCUT2D eigenvalue weighted by molar-refractivity contribution is 0.0660. The lowest BCUT2D eigenvalue weighted by Crippen LogP contribution is -2.56. The van der Waals surface area contributed by atoms with E-state index < -0.39 is 0 Å². The van der Waals surface area contributed by atoms with Gasteiger partial charge < -0.3 is 15.1 Å². The number of nitrogens with one attached hydrogen (secondary N) is 1. The molecule has 0 aromatic heterocycles. The van der Waals surface area contributed by atoms with Crippen molar-refractivity contribution in [2.75, 3.05) is 26.2 Å². The summed E-state index contributed by atoms with van der Waals surface area (Å²) < 4.78 is 0. The van der Waals surface area contributed by atoms with Crippen LogP contribution >= 0.6 is 0 Å². The van der Waals surface area contributed by atoms with E-state index in [9.17, 15) is 9.59 Å². The highest BCUT2D eigenvalue weighted by Crippen LogP contribution is 2.15. The molecule has 0 bridgehead atoms. The van der Waals surface area contributed by atoms with Gasteiger partial charge in [-0.25, -0.2) is 4.79 Å². The summed E-state index contributed by atoms with van der Waals surface area (Å²) in [5, 5.41) is 2.96. The van der Waals surface area contributed by atoms with Crippen LogP contribution < -0.4 is 5.32 Å². The van der Waals surface area contributed by atoms with E-state index in [0.717, 1.165) is 16.7 Å². The molecule has 1 saturated heterocycles. The van der Waals surface area contributed by atoms with E-state index in [1.54, 1.807) is 4.90 Å². The van der Waals surface area contributed by atoms with Gasteiger partial charge in [0.1, 0.15) is 0 Å². The first kappa shape index (κ1) is 17.3. The van der Waals surface area contributed by atoms with Crippen LogP contribution in [0.3, 0.4) is 0 Å². The summed E-state index contributed by atoms with van der Waals surface area (Å²) in [6, 6.07) is 5.83. The van der Waals surface area contributed by atoms with Crippen LogP contribution in [0.25, 0.3) is 0 Å². The lowest BCUT2D eigenvalue weighted by Gasteiger charge is -2.36. The molecular formula is C18H27N3O2. The van der Waals surface area contributed by atoms with Gasteiger partial charge in [-0.15, -0.1) is 0 Å². The van der Waals surface area contributed by atoms with Crippen LogP contribution in [0.2, 0.25) is 0 Å². The Morgan fingerprint density at radius 2 is 1.57 bits per heavy atom. The minimum Gasteiger partial charge on any atom is -0.335 e. The number of piperazine rings is 1. The van der Waals surface area contributed by atoms with Crippen molar-refractivity contribution >= 4 is 11.9 Å². The third-order valence-corrected chi connectivity index (χ3v) is 3.95. The Kier molecular flexibility index (Phi) is 4.97. The predicted octanol–water partition coefficient (Wildman–Crippen LogP) is 2.57. The molecule has 5 heteroatoms. The van der Waals surface area contributed by atoms with Crippen LogP contribution in [0, 0.1) is 13.8 Å². The predicted molar refractivity (Wildman–Crippen MR) is 91.7 cm³/mol. The van der Waals surface area contributed by atoms with E-state index in [4.69, 9.17) is 0 Å². The van der Waals surface area contributed by atoms with Gasteiger partial charge in [-0.05, 0) is 46.2 Å². The normalized spacial score (nSPS) is 15.5. The third kappa shape index (κ3) is 4.47. The van der Waals surface area contributed by atoms with Gasteiger partial charge >= 0.3 is 6.03 Å². The second-order valence-corrected chi connectivity index (χ2v) is 7.28. The van der Waals surface area contributed by atoms with Crippen LogP contribution in [0.4, 0.5) is 4.79 Å². The van der Waals surface area contributed by atoms with Gasteiger partial charge in [0.25, 0.3) is 5.91 Å². The molecule has 126 valence electrons. The molecule has 0 saturated carbocycles. The van der Waals surface area contributed by atoms with Crippen LogP contribution in [0.15, 0.2) is 18.2 Å². The molecule has 1 aliphatic heterocycles. The Balaban J connectivity index is 1.96. The summed E-state index contributed by atoms with van der Waals surface area (Å²) in [6.45, 7) is 12.2. The smallest absolute Gasteiger partial charge is 0.317 e. The molecule has 0 atom stereocenters. The van der Waals surface area contributed by atoms with Gasteiger partial charge in [0.15, 0.2) is 0 Å². The monoisotopic (exact) mass is 317 g/mol. The molecule has 5 nitrogen and oxygen atoms in total. The number of hydrogen-bond donors (Lipinski definition) is 1. The molecule has 1 heterocycles. The highest BCUT2D eigenvalue weighted by Gasteiger charge is 2.27. The minimum absolute atomic E-state index is 0.0541. The van der Waals surface area contributed by atoms with E-state index >= 15 is 0 Å². The van der Waals surface area contributed by atoms with Crippen LogP contribution in [0.1, 0.15) is 42.3 Å². The Hall–Kier alpha value is -2.04. The summed E-state index contributed by atoms with van der Waals surface area (Å²) in [7, 11) is 0. The van der Waals surface area contributed by atoms with Gasteiger partial charge in [-0.3, -0.25) is 4.79 Å². The van der Waals surface area contributed by atoms with Crippen molar-refractivity contribution in [1.82, 2.24) is 15.1 Å². The molecule has 3 amide bonds. The number of nitrogens with zero attached hydrogens (tertiary/aromatic N) is 2. The first-order valence-electron chi connectivity index (χ1n) is 8.11. The Labute approximate surface area is 138 Å². The van der Waals surface area contributed by atoms with Crippen molar-refractivity contribution in [2.24, 2.45) is 0 Å². The number of hydrogen-bond acceptors (Lipinski definition) is 2.